The van der Waals surface area contributed by atoms with Crippen molar-refractivity contribution in [2.75, 3.05) is 0 Å². The molecule has 19 heavy (non-hydrogen) atoms. The van der Waals surface area contributed by atoms with Crippen molar-refractivity contribution in [1.29, 1.82) is 5.26 Å². The first-order chi connectivity index (χ1) is 9.15. The van der Waals surface area contributed by atoms with Crippen molar-refractivity contribution in [3.63, 3.8) is 0 Å². The van der Waals surface area contributed by atoms with Gasteiger partial charge in [-0.05, 0) is 11.1 Å². The minimum Gasteiger partial charge on any atom is -0.544 e. The Morgan fingerprint density at radius 3 is 1.53 bits per heavy atom. The van der Waals surface area contributed by atoms with Crippen LogP contribution >= 0.6 is 0 Å². The molecule has 0 amide bonds. The first-order valence-electron chi connectivity index (χ1n) is 5.56. The molecule has 2 aromatic carbocycles. The number of hydrogen-bond acceptors (Lipinski definition) is 3. The summed E-state index contributed by atoms with van der Waals surface area (Å²) >= 11 is 0. The van der Waals surface area contributed by atoms with Crippen LogP contribution in [0, 0.1) is 11.3 Å². The highest BCUT2D eigenvalue weighted by Gasteiger charge is 1.91. The molecule has 94 valence electrons. The molecule has 2 aromatic rings. The molecule has 0 N–H and O–H groups in total. The van der Waals surface area contributed by atoms with Crippen LogP contribution in [0.25, 0.3) is 11.1 Å². The number of rotatable bonds is 2. The van der Waals surface area contributed by atoms with Crippen LogP contribution in [-0.4, -0.2) is 5.97 Å². The van der Waals surface area contributed by atoms with Gasteiger partial charge < -0.3 is 9.90 Å². The van der Waals surface area contributed by atoms with Gasteiger partial charge >= 0.3 is 0 Å². The standard InChI is InChI=1S/C12H10.C4H3NO2/c1-3-7-11(8-4-1)12-9-5-2-6-10-12;1-3(2-5)4(6)7/h1-10H;1H2,(H,6,7)/p-1. The predicted octanol–water partition coefficient (Wildman–Crippen LogP) is 2.17. The quantitative estimate of drug-likeness (QED) is 0.606. The van der Waals surface area contributed by atoms with Crippen molar-refractivity contribution in [2.45, 2.75) is 0 Å². The molecule has 0 fully saturated rings. The van der Waals surface area contributed by atoms with E-state index >= 15 is 0 Å². The molecule has 3 heteroatoms. The number of nitriles is 1. The second kappa shape index (κ2) is 7.46. The highest BCUT2D eigenvalue weighted by atomic mass is 16.4. The van der Waals surface area contributed by atoms with E-state index in [0.29, 0.717) is 0 Å². The highest BCUT2D eigenvalue weighted by Crippen LogP contribution is 2.17. The van der Waals surface area contributed by atoms with Crippen LogP contribution < -0.4 is 5.11 Å². The third kappa shape index (κ3) is 4.88. The van der Waals surface area contributed by atoms with Gasteiger partial charge in [-0.3, -0.25) is 0 Å². The van der Waals surface area contributed by atoms with Crippen LogP contribution in [0.2, 0.25) is 0 Å². The number of carbonyl (C=O) groups is 1. The molecule has 2 rings (SSSR count). The SMILES string of the molecule is C=C(C#N)C(=O)[O-].c1ccc(-c2ccccc2)cc1. The molecular weight excluding hydrogens is 238 g/mol. The van der Waals surface area contributed by atoms with Crippen molar-refractivity contribution in [2.24, 2.45) is 0 Å². The van der Waals surface area contributed by atoms with E-state index in [-0.39, 0.29) is 0 Å². The molecule has 0 heterocycles. The average Bonchev–Trinajstić information content (AvgIpc) is 2.49. The van der Waals surface area contributed by atoms with Gasteiger partial charge in [0.2, 0.25) is 0 Å². The van der Waals surface area contributed by atoms with Gasteiger partial charge in [-0.1, -0.05) is 67.2 Å². The lowest BCUT2D eigenvalue weighted by molar-refractivity contribution is -0.298. The van der Waals surface area contributed by atoms with Crippen LogP contribution in [0.4, 0.5) is 0 Å². The van der Waals surface area contributed by atoms with Gasteiger partial charge in [0.15, 0.2) is 0 Å². The molecule has 0 atom stereocenters. The number of benzene rings is 2. The summed E-state index contributed by atoms with van der Waals surface area (Å²) in [7, 11) is 0. The van der Waals surface area contributed by atoms with Crippen LogP contribution in [0.5, 0.6) is 0 Å². The van der Waals surface area contributed by atoms with Crippen molar-refractivity contribution in [1.82, 2.24) is 0 Å². The summed E-state index contributed by atoms with van der Waals surface area (Å²) in [6, 6.07) is 22.1. The second-order valence-electron chi connectivity index (χ2n) is 3.61. The first-order valence-corrected chi connectivity index (χ1v) is 5.56. The molecule has 0 saturated carbocycles. The van der Waals surface area contributed by atoms with Crippen LogP contribution in [0.15, 0.2) is 72.8 Å². The molecule has 0 radical (unpaired) electrons. The lowest BCUT2D eigenvalue weighted by Crippen LogP contribution is -2.22. The lowest BCUT2D eigenvalue weighted by Gasteiger charge is -1.98. The normalized spacial score (nSPS) is 8.58. The Hall–Kier alpha value is -2.86. The lowest BCUT2D eigenvalue weighted by atomic mass is 10.1. The average molecular weight is 250 g/mol. The summed E-state index contributed by atoms with van der Waals surface area (Å²) in [5, 5.41) is 17.2. The van der Waals surface area contributed by atoms with Gasteiger partial charge in [0.25, 0.3) is 0 Å². The van der Waals surface area contributed by atoms with Crippen LogP contribution in [0.3, 0.4) is 0 Å². The first kappa shape index (κ1) is 14.2. The Labute approximate surface area is 112 Å². The smallest absolute Gasteiger partial charge is 0.100 e. The summed E-state index contributed by atoms with van der Waals surface area (Å²) in [6.07, 6.45) is 0. The fourth-order valence-electron chi connectivity index (χ4n) is 1.31. The summed E-state index contributed by atoms with van der Waals surface area (Å²) in [4.78, 5) is 9.50. The molecule has 0 spiro atoms. The maximum atomic E-state index is 9.50. The largest absolute Gasteiger partial charge is 0.544 e. The van der Waals surface area contributed by atoms with E-state index in [1.54, 1.807) is 0 Å². The molecule has 0 aromatic heterocycles. The third-order valence-corrected chi connectivity index (χ3v) is 2.26. The van der Waals surface area contributed by atoms with Gasteiger partial charge in [-0.25, -0.2) is 0 Å². The minimum atomic E-state index is -1.51. The molecule has 0 aliphatic rings. The second-order valence-corrected chi connectivity index (χ2v) is 3.61. The zero-order valence-electron chi connectivity index (χ0n) is 10.2. The monoisotopic (exact) mass is 250 g/mol. The fourth-order valence-corrected chi connectivity index (χ4v) is 1.31. The van der Waals surface area contributed by atoms with Crippen molar-refractivity contribution in [3.8, 4) is 17.2 Å². The number of aliphatic carboxylic acids is 1. The Balaban J connectivity index is 0.000000224. The Morgan fingerprint density at radius 1 is 0.947 bits per heavy atom. The van der Waals surface area contributed by atoms with E-state index in [2.05, 4.69) is 55.1 Å². The van der Waals surface area contributed by atoms with Gasteiger partial charge in [-0.2, -0.15) is 5.26 Å². The number of nitrogens with zero attached hydrogens (tertiary/aromatic N) is 1. The number of carboxylic acid groups (broad SMARTS) is 1. The molecule has 3 nitrogen and oxygen atoms in total. The van der Waals surface area contributed by atoms with Crippen LogP contribution in [0.1, 0.15) is 0 Å². The van der Waals surface area contributed by atoms with Gasteiger partial charge in [-0.15, -0.1) is 0 Å². The van der Waals surface area contributed by atoms with Crippen molar-refractivity contribution >= 4 is 5.97 Å². The summed E-state index contributed by atoms with van der Waals surface area (Å²) in [6.45, 7) is 2.85. The Bertz CT molecular complexity index is 546. The number of hydrogen-bond donors (Lipinski definition) is 0. The maximum Gasteiger partial charge on any atom is 0.100 e. The molecular formula is C16H12NO2-. The van der Waals surface area contributed by atoms with Gasteiger partial charge in [0, 0.05) is 0 Å². The Kier molecular flexibility index (Phi) is 5.58. The van der Waals surface area contributed by atoms with E-state index in [0.717, 1.165) is 0 Å². The Morgan fingerprint density at radius 2 is 1.32 bits per heavy atom. The number of carbonyl (C=O) groups excluding carboxylic acids is 1. The molecule has 0 saturated heterocycles. The van der Waals surface area contributed by atoms with Gasteiger partial charge in [0.05, 0.1) is 11.5 Å². The highest BCUT2D eigenvalue weighted by molar-refractivity contribution is 5.88. The van der Waals surface area contributed by atoms with Gasteiger partial charge in [0.1, 0.15) is 6.07 Å². The van der Waals surface area contributed by atoms with E-state index in [9.17, 15) is 9.90 Å². The fraction of sp³-hybridized carbons (Fsp3) is 0. The molecule has 0 unspecified atom stereocenters. The van der Waals surface area contributed by atoms with E-state index in [4.69, 9.17) is 5.26 Å². The summed E-state index contributed by atoms with van der Waals surface area (Å²) in [5.74, 6) is -1.51. The number of carboxylic acids is 1. The predicted molar refractivity (Wildman–Crippen MR) is 71.6 cm³/mol. The van der Waals surface area contributed by atoms with Crippen molar-refractivity contribution < 1.29 is 9.90 Å². The third-order valence-electron chi connectivity index (χ3n) is 2.26. The molecule has 0 aliphatic carbocycles. The maximum absolute atomic E-state index is 9.50. The minimum absolute atomic E-state index is 0.542. The zero-order valence-corrected chi connectivity index (χ0v) is 10.2. The molecule has 0 aliphatic heterocycles. The van der Waals surface area contributed by atoms with Crippen molar-refractivity contribution in [3.05, 3.63) is 72.8 Å². The summed E-state index contributed by atoms with van der Waals surface area (Å²) in [5.41, 5.74) is 2.01. The molecule has 0 bridgehead atoms. The van der Waals surface area contributed by atoms with E-state index in [1.807, 2.05) is 12.1 Å². The van der Waals surface area contributed by atoms with E-state index in [1.165, 1.54) is 17.2 Å². The summed E-state index contributed by atoms with van der Waals surface area (Å²) < 4.78 is 0. The van der Waals surface area contributed by atoms with Crippen LogP contribution in [-0.2, 0) is 4.79 Å². The topological polar surface area (TPSA) is 63.9 Å². The zero-order chi connectivity index (χ0) is 14.1. The van der Waals surface area contributed by atoms with E-state index < -0.39 is 11.5 Å².